The molecular weight excluding hydrogens is 467 g/mol. The third-order valence-electron chi connectivity index (χ3n) is 4.36. The molecule has 142 valence electrons. The average Bonchev–Trinajstić information content (AvgIpc) is 2.69. The number of nitrogens with one attached hydrogen (secondary N) is 1. The maximum Gasteiger partial charge on any atom is 0.305 e. The molecule has 3 aromatic carbocycles. The summed E-state index contributed by atoms with van der Waals surface area (Å²) in [5.41, 5.74) is 9.41. The molecule has 6 heteroatoms. The van der Waals surface area contributed by atoms with Gasteiger partial charge in [-0.3, -0.25) is 9.59 Å². The maximum absolute atomic E-state index is 12.7. The highest BCUT2D eigenvalue weighted by atomic mass is 127. The van der Waals surface area contributed by atoms with Gasteiger partial charge in [-0.15, -0.1) is 0 Å². The molecule has 0 bridgehead atoms. The summed E-state index contributed by atoms with van der Waals surface area (Å²) in [4.78, 5) is 24.0. The van der Waals surface area contributed by atoms with Gasteiger partial charge in [-0.2, -0.15) is 0 Å². The number of hydrogen-bond donors (Lipinski definition) is 3. The number of nitrogens with two attached hydrogens (primary N) is 1. The minimum absolute atomic E-state index is 0.222. The van der Waals surface area contributed by atoms with E-state index >= 15 is 0 Å². The van der Waals surface area contributed by atoms with Crippen molar-refractivity contribution in [2.45, 2.75) is 12.5 Å². The van der Waals surface area contributed by atoms with E-state index in [1.165, 1.54) is 0 Å². The molecule has 1 amide bonds. The lowest BCUT2D eigenvalue weighted by atomic mass is 9.98. The summed E-state index contributed by atoms with van der Waals surface area (Å²) in [7, 11) is 0. The second-order valence-electron chi connectivity index (χ2n) is 6.34. The molecule has 0 radical (unpaired) electrons. The van der Waals surface area contributed by atoms with Gasteiger partial charge in [0.05, 0.1) is 18.0 Å². The average molecular weight is 486 g/mol. The molecule has 0 saturated heterocycles. The van der Waals surface area contributed by atoms with E-state index in [4.69, 9.17) is 5.73 Å². The van der Waals surface area contributed by atoms with Crippen LogP contribution < -0.4 is 11.1 Å². The highest BCUT2D eigenvalue weighted by Crippen LogP contribution is 2.24. The van der Waals surface area contributed by atoms with Crippen LogP contribution in [0.2, 0.25) is 0 Å². The van der Waals surface area contributed by atoms with E-state index in [1.54, 1.807) is 12.1 Å². The molecule has 0 fully saturated rings. The van der Waals surface area contributed by atoms with Gasteiger partial charge in [0.2, 0.25) is 0 Å². The van der Waals surface area contributed by atoms with Gasteiger partial charge in [-0.05, 0) is 57.5 Å². The molecule has 5 nitrogen and oxygen atoms in total. The quantitative estimate of drug-likeness (QED) is 0.354. The first-order valence-electron chi connectivity index (χ1n) is 8.67. The number of rotatable bonds is 6. The van der Waals surface area contributed by atoms with Gasteiger partial charge >= 0.3 is 5.97 Å². The number of anilines is 1. The molecule has 1 atom stereocenters. The smallest absolute Gasteiger partial charge is 0.305 e. The molecule has 0 saturated carbocycles. The first-order chi connectivity index (χ1) is 13.4. The molecule has 0 aliphatic carbocycles. The zero-order valence-corrected chi connectivity index (χ0v) is 17.1. The van der Waals surface area contributed by atoms with Crippen LogP contribution in [0.15, 0.2) is 72.8 Å². The second-order valence-corrected chi connectivity index (χ2v) is 7.59. The Morgan fingerprint density at radius 2 is 1.61 bits per heavy atom. The number of benzene rings is 3. The van der Waals surface area contributed by atoms with E-state index in [1.807, 2.05) is 60.7 Å². The number of carbonyl (C=O) groups is 2. The minimum Gasteiger partial charge on any atom is -0.481 e. The van der Waals surface area contributed by atoms with Crippen molar-refractivity contribution in [3.63, 3.8) is 0 Å². The van der Waals surface area contributed by atoms with Crippen molar-refractivity contribution in [2.75, 3.05) is 5.73 Å². The SMILES string of the molecule is Nc1ccc(I)cc1C(=O)NC(CC(=O)O)c1ccc(-c2ccccc2)cc1. The Hall–Kier alpha value is -2.87. The van der Waals surface area contributed by atoms with Gasteiger partial charge in [-0.25, -0.2) is 0 Å². The van der Waals surface area contributed by atoms with E-state index in [0.717, 1.165) is 20.3 Å². The number of amides is 1. The number of hydrogen-bond acceptors (Lipinski definition) is 3. The Balaban J connectivity index is 1.85. The Bertz CT molecular complexity index is 988. The molecule has 0 heterocycles. The molecule has 0 aliphatic rings. The van der Waals surface area contributed by atoms with E-state index in [0.29, 0.717) is 11.3 Å². The van der Waals surface area contributed by atoms with Gasteiger partial charge in [0.25, 0.3) is 5.91 Å². The molecule has 3 aromatic rings. The van der Waals surface area contributed by atoms with Crippen molar-refractivity contribution < 1.29 is 14.7 Å². The van der Waals surface area contributed by atoms with Gasteiger partial charge in [0, 0.05) is 9.26 Å². The van der Waals surface area contributed by atoms with Gasteiger partial charge < -0.3 is 16.2 Å². The van der Waals surface area contributed by atoms with E-state index < -0.39 is 17.9 Å². The van der Waals surface area contributed by atoms with Crippen molar-refractivity contribution in [3.8, 4) is 11.1 Å². The molecule has 3 rings (SSSR count). The number of carboxylic acids is 1. The van der Waals surface area contributed by atoms with Gasteiger partial charge in [0.15, 0.2) is 0 Å². The lowest BCUT2D eigenvalue weighted by Gasteiger charge is -2.19. The molecule has 0 aliphatic heterocycles. The molecular formula is C22H19IN2O3. The van der Waals surface area contributed by atoms with Crippen LogP contribution >= 0.6 is 22.6 Å². The summed E-state index contributed by atoms with van der Waals surface area (Å²) in [6.45, 7) is 0. The number of nitrogen functional groups attached to an aromatic ring is 1. The highest BCUT2D eigenvalue weighted by Gasteiger charge is 2.20. The maximum atomic E-state index is 12.7. The Morgan fingerprint density at radius 3 is 2.25 bits per heavy atom. The zero-order chi connectivity index (χ0) is 20.1. The Kier molecular flexibility index (Phi) is 6.30. The van der Waals surface area contributed by atoms with Crippen LogP contribution in [0.5, 0.6) is 0 Å². The first-order valence-corrected chi connectivity index (χ1v) is 9.75. The fourth-order valence-corrected chi connectivity index (χ4v) is 3.42. The summed E-state index contributed by atoms with van der Waals surface area (Å²) in [5.74, 6) is -1.39. The summed E-state index contributed by atoms with van der Waals surface area (Å²) in [6.07, 6.45) is -0.222. The van der Waals surface area contributed by atoms with Crippen LogP contribution in [-0.2, 0) is 4.79 Å². The van der Waals surface area contributed by atoms with Crippen molar-refractivity contribution in [2.24, 2.45) is 0 Å². The molecule has 1 unspecified atom stereocenters. The molecule has 0 aromatic heterocycles. The normalized spacial score (nSPS) is 11.6. The monoisotopic (exact) mass is 486 g/mol. The number of aliphatic carboxylic acids is 1. The number of halogens is 1. The van der Waals surface area contributed by atoms with Crippen LogP contribution in [0.3, 0.4) is 0 Å². The van der Waals surface area contributed by atoms with Crippen LogP contribution in [-0.4, -0.2) is 17.0 Å². The standard InChI is InChI=1S/C22H19IN2O3/c23-17-10-11-19(24)18(12-17)22(28)25-20(13-21(26)27)16-8-6-15(7-9-16)14-4-2-1-3-5-14/h1-12,20H,13,24H2,(H,25,28)(H,26,27). The minimum atomic E-state index is -0.993. The Morgan fingerprint density at radius 1 is 0.964 bits per heavy atom. The van der Waals surface area contributed by atoms with E-state index in [-0.39, 0.29) is 6.42 Å². The Labute approximate surface area is 176 Å². The van der Waals surface area contributed by atoms with Crippen molar-refractivity contribution in [1.82, 2.24) is 5.32 Å². The van der Waals surface area contributed by atoms with Gasteiger partial charge in [0.1, 0.15) is 0 Å². The second kappa shape index (κ2) is 8.88. The summed E-state index contributed by atoms with van der Waals surface area (Å²) < 4.78 is 0.874. The van der Waals surface area contributed by atoms with Gasteiger partial charge in [-0.1, -0.05) is 54.6 Å². The molecule has 0 spiro atoms. The van der Waals surface area contributed by atoms with Crippen LogP contribution in [0.4, 0.5) is 5.69 Å². The topological polar surface area (TPSA) is 92.4 Å². The number of carboxylic acid groups (broad SMARTS) is 1. The molecule has 28 heavy (non-hydrogen) atoms. The zero-order valence-electron chi connectivity index (χ0n) is 14.9. The summed E-state index contributed by atoms with van der Waals surface area (Å²) in [6, 6.07) is 21.9. The predicted octanol–water partition coefficient (Wildman–Crippen LogP) is 4.49. The van der Waals surface area contributed by atoms with E-state index in [2.05, 4.69) is 27.9 Å². The lowest BCUT2D eigenvalue weighted by Crippen LogP contribution is -2.30. The van der Waals surface area contributed by atoms with Crippen molar-refractivity contribution in [3.05, 3.63) is 87.5 Å². The van der Waals surface area contributed by atoms with Crippen molar-refractivity contribution >= 4 is 40.2 Å². The molecule has 4 N–H and O–H groups in total. The van der Waals surface area contributed by atoms with Crippen LogP contribution in [0.1, 0.15) is 28.4 Å². The fraction of sp³-hybridized carbons (Fsp3) is 0.0909. The largest absolute Gasteiger partial charge is 0.481 e. The van der Waals surface area contributed by atoms with E-state index in [9.17, 15) is 14.7 Å². The van der Waals surface area contributed by atoms with Crippen molar-refractivity contribution in [1.29, 1.82) is 0 Å². The summed E-state index contributed by atoms with van der Waals surface area (Å²) in [5, 5.41) is 12.1. The van der Waals surface area contributed by atoms with Crippen LogP contribution in [0, 0.1) is 3.57 Å². The highest BCUT2D eigenvalue weighted by molar-refractivity contribution is 14.1. The number of carbonyl (C=O) groups excluding carboxylic acids is 1. The third kappa shape index (κ3) is 4.89. The predicted molar refractivity (Wildman–Crippen MR) is 118 cm³/mol. The lowest BCUT2D eigenvalue weighted by molar-refractivity contribution is -0.137. The third-order valence-corrected chi connectivity index (χ3v) is 5.04. The summed E-state index contributed by atoms with van der Waals surface area (Å²) >= 11 is 2.10. The fourth-order valence-electron chi connectivity index (χ4n) is 2.93. The first kappa shape index (κ1) is 19.9. The van der Waals surface area contributed by atoms with Crippen LogP contribution in [0.25, 0.3) is 11.1 Å².